The monoisotopic (exact) mass is 483 g/mol. The number of hydrazone groups is 1. The molecule has 1 fully saturated rings. The van der Waals surface area contributed by atoms with Gasteiger partial charge in [0.05, 0.1) is 6.21 Å². The van der Waals surface area contributed by atoms with Gasteiger partial charge in [0.2, 0.25) is 0 Å². The Balaban J connectivity index is 1.36. The van der Waals surface area contributed by atoms with E-state index in [0.717, 1.165) is 48.2 Å². The van der Waals surface area contributed by atoms with Crippen LogP contribution in [0.1, 0.15) is 22.7 Å². The van der Waals surface area contributed by atoms with Crippen LogP contribution in [0.4, 0.5) is 0 Å². The van der Waals surface area contributed by atoms with E-state index in [2.05, 4.69) is 39.3 Å². The molecule has 32 heavy (non-hydrogen) atoms. The number of hydrogen-bond acceptors (Lipinski definition) is 5. The molecule has 0 amide bonds. The normalized spacial score (nSPS) is 18.9. The molecule has 0 aliphatic carbocycles. The second kappa shape index (κ2) is 9.36. The number of nitrogens with zero attached hydrogens (tertiary/aromatic N) is 3. The van der Waals surface area contributed by atoms with Crippen LogP contribution in [-0.4, -0.2) is 47.4 Å². The van der Waals surface area contributed by atoms with Crippen LogP contribution in [0.5, 0.6) is 5.75 Å². The maximum Gasteiger partial charge on any atom is 0.124 e. The van der Waals surface area contributed by atoms with E-state index < -0.39 is 0 Å². The summed E-state index contributed by atoms with van der Waals surface area (Å²) in [7, 11) is 0. The fourth-order valence-corrected chi connectivity index (χ4v) is 5.79. The van der Waals surface area contributed by atoms with Crippen molar-refractivity contribution in [2.45, 2.75) is 22.3 Å². The number of benzene rings is 3. The zero-order valence-electron chi connectivity index (χ0n) is 17.4. The molecule has 0 radical (unpaired) electrons. The molecule has 2 heterocycles. The molecule has 3 aromatic carbocycles. The smallest absolute Gasteiger partial charge is 0.124 e. The van der Waals surface area contributed by atoms with E-state index in [1.165, 1.54) is 20.9 Å². The lowest BCUT2D eigenvalue weighted by Crippen LogP contribution is -2.46. The van der Waals surface area contributed by atoms with E-state index in [-0.39, 0.29) is 11.8 Å². The number of rotatable bonds is 3. The van der Waals surface area contributed by atoms with Gasteiger partial charge in [0.25, 0.3) is 0 Å². The van der Waals surface area contributed by atoms with E-state index in [0.29, 0.717) is 0 Å². The van der Waals surface area contributed by atoms with Crippen molar-refractivity contribution in [3.8, 4) is 5.75 Å². The standard InChI is InChI=1S/C25H23Cl2N3OS/c26-19-5-7-24-18(13-19)14-22(21-15-20(27)6-8-25(21)32-24)29-9-11-30(12-10-29)28-16-17-3-1-2-4-23(17)31/h1-8,13,15-16,22,31H,9-12,14H2/b28-16+. The van der Waals surface area contributed by atoms with Crippen molar-refractivity contribution in [3.63, 3.8) is 0 Å². The molecule has 1 N–H and O–H groups in total. The van der Waals surface area contributed by atoms with Gasteiger partial charge in [0, 0.05) is 57.6 Å². The molecule has 4 nitrogen and oxygen atoms in total. The molecule has 2 aliphatic rings. The molecule has 164 valence electrons. The number of phenols is 1. The molecule has 0 bridgehead atoms. The first kappa shape index (κ1) is 21.7. The van der Waals surface area contributed by atoms with Crippen molar-refractivity contribution < 1.29 is 5.11 Å². The Hall–Kier alpha value is -2.18. The summed E-state index contributed by atoms with van der Waals surface area (Å²) in [5, 5.41) is 18.2. The van der Waals surface area contributed by atoms with Crippen LogP contribution < -0.4 is 0 Å². The second-order valence-electron chi connectivity index (χ2n) is 8.05. The molecule has 1 unspecified atom stereocenters. The lowest BCUT2D eigenvalue weighted by molar-refractivity contribution is 0.0970. The van der Waals surface area contributed by atoms with Gasteiger partial charge in [-0.2, -0.15) is 5.10 Å². The maximum absolute atomic E-state index is 9.95. The van der Waals surface area contributed by atoms with Crippen LogP contribution in [0.3, 0.4) is 0 Å². The van der Waals surface area contributed by atoms with Gasteiger partial charge in [0.15, 0.2) is 0 Å². The average molecular weight is 484 g/mol. The summed E-state index contributed by atoms with van der Waals surface area (Å²) in [6.07, 6.45) is 2.64. The molecule has 3 aromatic rings. The lowest BCUT2D eigenvalue weighted by Gasteiger charge is -2.38. The highest BCUT2D eigenvalue weighted by molar-refractivity contribution is 7.99. The number of phenolic OH excluding ortho intramolecular Hbond substituents is 1. The van der Waals surface area contributed by atoms with Gasteiger partial charge in [0.1, 0.15) is 5.75 Å². The topological polar surface area (TPSA) is 39.1 Å². The largest absolute Gasteiger partial charge is 0.507 e. The summed E-state index contributed by atoms with van der Waals surface area (Å²) in [6, 6.07) is 19.9. The zero-order valence-corrected chi connectivity index (χ0v) is 19.7. The molecule has 7 heteroatoms. The van der Waals surface area contributed by atoms with E-state index in [1.807, 2.05) is 30.3 Å². The van der Waals surface area contributed by atoms with Gasteiger partial charge in [-0.3, -0.25) is 9.91 Å². The molecule has 2 aliphatic heterocycles. The Bertz CT molecular complexity index is 1160. The van der Waals surface area contributed by atoms with Crippen molar-refractivity contribution in [3.05, 3.63) is 87.4 Å². The minimum absolute atomic E-state index is 0.236. The molecule has 0 aromatic heterocycles. The third-order valence-electron chi connectivity index (χ3n) is 6.01. The quantitative estimate of drug-likeness (QED) is 0.456. The highest BCUT2D eigenvalue weighted by atomic mass is 35.5. The van der Waals surface area contributed by atoms with Crippen molar-refractivity contribution in [2.75, 3.05) is 26.2 Å². The van der Waals surface area contributed by atoms with Gasteiger partial charge in [-0.05, 0) is 66.1 Å². The minimum atomic E-state index is 0.236. The number of fused-ring (bicyclic) bond motifs is 2. The summed E-state index contributed by atoms with van der Waals surface area (Å²) < 4.78 is 0. The fraction of sp³-hybridized carbons (Fsp3) is 0.240. The highest BCUT2D eigenvalue weighted by Gasteiger charge is 2.30. The van der Waals surface area contributed by atoms with E-state index >= 15 is 0 Å². The van der Waals surface area contributed by atoms with Gasteiger partial charge in [-0.25, -0.2) is 0 Å². The Labute approximate surface area is 202 Å². The number of hydrogen-bond donors (Lipinski definition) is 1. The number of halogens is 2. The van der Waals surface area contributed by atoms with Crippen LogP contribution in [0.25, 0.3) is 0 Å². The fourth-order valence-electron chi connectivity index (χ4n) is 4.32. The first-order valence-electron chi connectivity index (χ1n) is 10.6. The van der Waals surface area contributed by atoms with Crippen molar-refractivity contribution in [2.24, 2.45) is 5.10 Å². The van der Waals surface area contributed by atoms with E-state index in [1.54, 1.807) is 24.0 Å². The van der Waals surface area contributed by atoms with Gasteiger partial charge < -0.3 is 5.11 Å². The van der Waals surface area contributed by atoms with E-state index in [9.17, 15) is 5.11 Å². The first-order valence-corrected chi connectivity index (χ1v) is 12.2. The maximum atomic E-state index is 9.95. The third kappa shape index (κ3) is 4.62. The molecule has 1 atom stereocenters. The van der Waals surface area contributed by atoms with E-state index in [4.69, 9.17) is 23.2 Å². The van der Waals surface area contributed by atoms with Crippen LogP contribution in [0.15, 0.2) is 75.6 Å². The summed E-state index contributed by atoms with van der Waals surface area (Å²) in [6.45, 7) is 3.45. The second-order valence-corrected chi connectivity index (χ2v) is 10.0. The summed E-state index contributed by atoms with van der Waals surface area (Å²) in [5.41, 5.74) is 3.29. The third-order valence-corrected chi connectivity index (χ3v) is 7.69. The summed E-state index contributed by atoms with van der Waals surface area (Å²) in [4.78, 5) is 5.03. The SMILES string of the molecule is Oc1ccccc1/C=N/N1CCN(C2Cc3cc(Cl)ccc3Sc3ccc(Cl)cc32)CC1. The van der Waals surface area contributed by atoms with Crippen molar-refractivity contribution >= 4 is 41.2 Å². The predicted octanol–water partition coefficient (Wildman–Crippen LogP) is 6.10. The Kier molecular flexibility index (Phi) is 6.33. The number of aromatic hydroxyl groups is 1. The zero-order chi connectivity index (χ0) is 22.1. The molecule has 5 rings (SSSR count). The molecular formula is C25H23Cl2N3OS. The van der Waals surface area contributed by atoms with Crippen molar-refractivity contribution in [1.29, 1.82) is 0 Å². The summed E-state index contributed by atoms with van der Waals surface area (Å²) >= 11 is 14.5. The van der Waals surface area contributed by atoms with Crippen LogP contribution in [-0.2, 0) is 6.42 Å². The van der Waals surface area contributed by atoms with Crippen LogP contribution >= 0.6 is 35.0 Å². The minimum Gasteiger partial charge on any atom is -0.507 e. The molecule has 1 saturated heterocycles. The van der Waals surface area contributed by atoms with Gasteiger partial charge >= 0.3 is 0 Å². The Morgan fingerprint density at radius 1 is 0.906 bits per heavy atom. The van der Waals surface area contributed by atoms with Crippen molar-refractivity contribution in [1.82, 2.24) is 9.91 Å². The Morgan fingerprint density at radius 3 is 2.41 bits per heavy atom. The molecule has 0 spiro atoms. The summed E-state index contributed by atoms with van der Waals surface area (Å²) in [5.74, 6) is 0.247. The average Bonchev–Trinajstić information content (AvgIpc) is 2.95. The predicted molar refractivity (Wildman–Crippen MR) is 132 cm³/mol. The number of para-hydroxylation sites is 1. The van der Waals surface area contributed by atoms with Gasteiger partial charge in [-0.15, -0.1) is 0 Å². The van der Waals surface area contributed by atoms with Crippen LogP contribution in [0, 0.1) is 0 Å². The Morgan fingerprint density at radius 2 is 1.62 bits per heavy atom. The molecule has 0 saturated carbocycles. The molecular weight excluding hydrogens is 461 g/mol. The lowest BCUT2D eigenvalue weighted by atomic mass is 9.96. The number of piperazine rings is 1. The first-order chi connectivity index (χ1) is 15.6. The van der Waals surface area contributed by atoms with Crippen LogP contribution in [0.2, 0.25) is 10.0 Å². The highest BCUT2D eigenvalue weighted by Crippen LogP contribution is 2.44. The van der Waals surface area contributed by atoms with Gasteiger partial charge in [-0.1, -0.05) is 47.1 Å².